The van der Waals surface area contributed by atoms with Gasteiger partial charge in [-0.15, -0.1) is 0 Å². The molecule has 0 heterocycles. The van der Waals surface area contributed by atoms with Gasteiger partial charge in [0.25, 0.3) is 11.8 Å². The first-order valence-corrected chi connectivity index (χ1v) is 13.7. The molecule has 1 aliphatic carbocycles. The number of amides is 4. The van der Waals surface area contributed by atoms with E-state index < -0.39 is 0 Å². The van der Waals surface area contributed by atoms with Crippen LogP contribution in [-0.2, 0) is 9.59 Å². The van der Waals surface area contributed by atoms with Gasteiger partial charge in [-0.05, 0) is 102 Å². The van der Waals surface area contributed by atoms with Gasteiger partial charge in [-0.3, -0.25) is 19.2 Å². The van der Waals surface area contributed by atoms with Crippen molar-refractivity contribution in [1.82, 2.24) is 9.80 Å². The third-order valence-corrected chi connectivity index (χ3v) is 7.37. The smallest absolute Gasteiger partial charge is 0.253 e. The monoisotopic (exact) mass is 520 g/mol. The third-order valence-electron chi connectivity index (χ3n) is 7.37. The van der Waals surface area contributed by atoms with Gasteiger partial charge in [-0.1, -0.05) is 0 Å². The highest BCUT2D eigenvalue weighted by Gasteiger charge is 2.30. The maximum absolute atomic E-state index is 12.8. The van der Waals surface area contributed by atoms with Crippen molar-refractivity contribution in [2.24, 2.45) is 11.8 Å². The highest BCUT2D eigenvalue weighted by molar-refractivity contribution is 5.97. The predicted molar refractivity (Wildman–Crippen MR) is 150 cm³/mol. The zero-order valence-electron chi connectivity index (χ0n) is 23.0. The van der Waals surface area contributed by atoms with Gasteiger partial charge in [0.05, 0.1) is 0 Å². The summed E-state index contributed by atoms with van der Waals surface area (Å²) in [6.45, 7) is 10.4. The van der Waals surface area contributed by atoms with E-state index in [1.54, 1.807) is 58.3 Å². The number of carbonyl (C=O) groups is 4. The first-order valence-electron chi connectivity index (χ1n) is 13.7. The van der Waals surface area contributed by atoms with Gasteiger partial charge in [0.15, 0.2) is 0 Å². The third kappa shape index (κ3) is 7.21. The van der Waals surface area contributed by atoms with Crippen molar-refractivity contribution in [3.63, 3.8) is 0 Å². The lowest BCUT2D eigenvalue weighted by molar-refractivity contribution is -0.125. The Bertz CT molecular complexity index is 1010. The highest BCUT2D eigenvalue weighted by Crippen LogP contribution is 2.31. The molecule has 3 rings (SSSR count). The molecule has 0 aromatic heterocycles. The normalized spacial score (nSPS) is 16.8. The lowest BCUT2D eigenvalue weighted by atomic mass is 9.81. The molecule has 0 spiro atoms. The lowest BCUT2D eigenvalue weighted by Crippen LogP contribution is -2.32. The number of nitrogens with zero attached hydrogens (tertiary/aromatic N) is 2. The summed E-state index contributed by atoms with van der Waals surface area (Å²) in [6.07, 6.45) is 2.55. The van der Waals surface area contributed by atoms with E-state index in [4.69, 9.17) is 0 Å². The van der Waals surface area contributed by atoms with Crippen molar-refractivity contribution in [1.29, 1.82) is 0 Å². The molecule has 0 atom stereocenters. The first kappa shape index (κ1) is 28.9. The largest absolute Gasteiger partial charge is 0.339 e. The van der Waals surface area contributed by atoms with E-state index in [-0.39, 0.29) is 35.5 Å². The molecule has 0 aliphatic heterocycles. The molecule has 2 aromatic rings. The fourth-order valence-electron chi connectivity index (χ4n) is 4.89. The minimum Gasteiger partial charge on any atom is -0.339 e. The molecule has 8 nitrogen and oxygen atoms in total. The molecule has 1 aliphatic rings. The van der Waals surface area contributed by atoms with Gasteiger partial charge in [0.2, 0.25) is 11.8 Å². The van der Waals surface area contributed by atoms with E-state index in [0.717, 1.165) is 0 Å². The summed E-state index contributed by atoms with van der Waals surface area (Å²) >= 11 is 0. The first-order chi connectivity index (χ1) is 18.3. The van der Waals surface area contributed by atoms with E-state index in [1.165, 1.54) is 0 Å². The number of rotatable bonds is 10. The molecular weight excluding hydrogens is 480 g/mol. The molecule has 8 heteroatoms. The number of carbonyl (C=O) groups excluding carboxylic acids is 4. The van der Waals surface area contributed by atoms with Gasteiger partial charge in [0, 0.05) is 60.5 Å². The van der Waals surface area contributed by atoms with E-state index in [0.29, 0.717) is 74.4 Å². The van der Waals surface area contributed by atoms with Gasteiger partial charge in [-0.25, -0.2) is 0 Å². The second-order valence-corrected chi connectivity index (χ2v) is 9.64. The van der Waals surface area contributed by atoms with Gasteiger partial charge in [-0.2, -0.15) is 0 Å². The van der Waals surface area contributed by atoms with Crippen LogP contribution in [0, 0.1) is 11.8 Å². The van der Waals surface area contributed by atoms with Crippen molar-refractivity contribution in [3.05, 3.63) is 59.7 Å². The van der Waals surface area contributed by atoms with Crippen LogP contribution in [0.25, 0.3) is 0 Å². The molecule has 0 unspecified atom stereocenters. The summed E-state index contributed by atoms with van der Waals surface area (Å²) in [7, 11) is 0. The number of nitrogens with one attached hydrogen (secondary N) is 2. The van der Waals surface area contributed by atoms with E-state index in [2.05, 4.69) is 10.6 Å². The van der Waals surface area contributed by atoms with E-state index in [9.17, 15) is 19.2 Å². The fraction of sp³-hybridized carbons (Fsp3) is 0.467. The maximum Gasteiger partial charge on any atom is 0.253 e. The van der Waals surface area contributed by atoms with Crippen LogP contribution in [0.4, 0.5) is 11.4 Å². The molecule has 204 valence electrons. The fourth-order valence-corrected chi connectivity index (χ4v) is 4.89. The summed E-state index contributed by atoms with van der Waals surface area (Å²) in [6, 6.07) is 14.0. The van der Waals surface area contributed by atoms with Crippen LogP contribution in [0.2, 0.25) is 0 Å². The summed E-state index contributed by atoms with van der Waals surface area (Å²) in [4.78, 5) is 54.1. The standard InChI is InChI=1S/C30H40N4O4/c1-5-33(6-2)29(37)23-13-17-25(18-14-23)31-27(35)21-9-11-22(12-10-21)28(36)32-26-19-15-24(16-20-26)30(38)34(7-3)8-4/h13-22H,5-12H2,1-4H3,(H,31,35)(H,32,36). The zero-order chi connectivity index (χ0) is 27.7. The Morgan fingerprint density at radius 2 is 0.868 bits per heavy atom. The second kappa shape index (κ2) is 13.7. The van der Waals surface area contributed by atoms with E-state index >= 15 is 0 Å². The van der Waals surface area contributed by atoms with Crippen LogP contribution in [0.1, 0.15) is 74.1 Å². The number of anilines is 2. The Morgan fingerprint density at radius 1 is 0.579 bits per heavy atom. The van der Waals surface area contributed by atoms with Crippen LogP contribution < -0.4 is 10.6 Å². The van der Waals surface area contributed by atoms with Crippen LogP contribution in [0.5, 0.6) is 0 Å². The Kier molecular flexibility index (Phi) is 10.4. The second-order valence-electron chi connectivity index (χ2n) is 9.64. The van der Waals surface area contributed by atoms with Crippen molar-refractivity contribution in [2.75, 3.05) is 36.8 Å². The number of benzene rings is 2. The van der Waals surface area contributed by atoms with Gasteiger partial charge in [0.1, 0.15) is 0 Å². The van der Waals surface area contributed by atoms with Crippen LogP contribution >= 0.6 is 0 Å². The Hall–Kier alpha value is -3.68. The Balaban J connectivity index is 1.47. The summed E-state index contributed by atoms with van der Waals surface area (Å²) in [5.41, 5.74) is 2.52. The maximum atomic E-state index is 12.8. The lowest BCUT2D eigenvalue weighted by Gasteiger charge is -2.27. The molecule has 1 saturated carbocycles. The SMILES string of the molecule is CCN(CC)C(=O)c1ccc(NC(=O)C2CCC(C(=O)Nc3ccc(C(=O)N(CC)CC)cc3)CC2)cc1. The molecule has 4 amide bonds. The molecule has 0 saturated heterocycles. The predicted octanol–water partition coefficient (Wildman–Crippen LogP) is 5.03. The van der Waals surface area contributed by atoms with Crippen molar-refractivity contribution in [3.8, 4) is 0 Å². The van der Waals surface area contributed by atoms with Crippen LogP contribution in [0.3, 0.4) is 0 Å². The minimum atomic E-state index is -0.151. The van der Waals surface area contributed by atoms with Crippen molar-refractivity contribution < 1.29 is 19.2 Å². The molecule has 2 N–H and O–H groups in total. The van der Waals surface area contributed by atoms with Crippen LogP contribution in [-0.4, -0.2) is 59.6 Å². The van der Waals surface area contributed by atoms with E-state index in [1.807, 2.05) is 27.7 Å². The van der Waals surface area contributed by atoms with Gasteiger partial charge < -0.3 is 20.4 Å². The molecule has 2 aromatic carbocycles. The molecule has 0 radical (unpaired) electrons. The Morgan fingerprint density at radius 3 is 1.13 bits per heavy atom. The number of hydrogen-bond acceptors (Lipinski definition) is 4. The summed E-state index contributed by atoms with van der Waals surface area (Å²) < 4.78 is 0. The number of hydrogen-bond donors (Lipinski definition) is 2. The summed E-state index contributed by atoms with van der Waals surface area (Å²) in [5, 5.41) is 5.91. The van der Waals surface area contributed by atoms with Crippen LogP contribution in [0.15, 0.2) is 48.5 Å². The topological polar surface area (TPSA) is 98.8 Å². The van der Waals surface area contributed by atoms with Crippen molar-refractivity contribution in [2.45, 2.75) is 53.4 Å². The van der Waals surface area contributed by atoms with Crippen molar-refractivity contribution >= 4 is 35.0 Å². The van der Waals surface area contributed by atoms with Gasteiger partial charge >= 0.3 is 0 Å². The molecule has 1 fully saturated rings. The quantitative estimate of drug-likeness (QED) is 0.459. The highest BCUT2D eigenvalue weighted by atomic mass is 16.2. The molecular formula is C30H40N4O4. The zero-order valence-corrected chi connectivity index (χ0v) is 23.0. The summed E-state index contributed by atoms with van der Waals surface area (Å²) in [5.74, 6) is -0.454. The average Bonchev–Trinajstić information content (AvgIpc) is 2.95. The Labute approximate surface area is 225 Å². The molecule has 38 heavy (non-hydrogen) atoms. The minimum absolute atomic E-state index is 0.0199. The average molecular weight is 521 g/mol. The molecule has 0 bridgehead atoms.